The molecule has 1 N–H and O–H groups in total. The van der Waals surface area contributed by atoms with Gasteiger partial charge in [-0.25, -0.2) is 5.32 Å². The number of hydrogen-bond acceptors (Lipinski definition) is 1. The van der Waals surface area contributed by atoms with E-state index in [4.69, 9.17) is 0 Å². The summed E-state index contributed by atoms with van der Waals surface area (Å²) in [5, 5.41) is 13.1. The Morgan fingerprint density at radius 2 is 2.10 bits per heavy atom. The lowest BCUT2D eigenvalue weighted by molar-refractivity contribution is 0.466. The Kier molecular flexibility index (Phi) is 2.29. The number of hydrogen-bond donors (Lipinski definition) is 1. The van der Waals surface area contributed by atoms with Crippen molar-refractivity contribution < 1.29 is 5.11 Å². The molecule has 0 fully saturated rings. The predicted molar refractivity (Wildman–Crippen MR) is 39.9 cm³/mol. The van der Waals surface area contributed by atoms with Gasteiger partial charge in [0.15, 0.2) is 0 Å². The van der Waals surface area contributed by atoms with Crippen molar-refractivity contribution in [2.24, 2.45) is 0 Å². The topological polar surface area (TPSA) is 34.3 Å². The lowest BCUT2D eigenvalue weighted by Crippen LogP contribution is -1.96. The molecule has 0 aliphatic rings. The molecule has 1 aromatic carbocycles. The van der Waals surface area contributed by atoms with E-state index in [-0.39, 0.29) is 0 Å². The largest absolute Gasteiger partial charge is 0.508 e. The van der Waals surface area contributed by atoms with Gasteiger partial charge >= 0.3 is 0 Å². The molecule has 0 atom stereocenters. The Hall–Kier alpha value is -1.02. The third-order valence-electron chi connectivity index (χ3n) is 1.32. The van der Waals surface area contributed by atoms with Crippen LogP contribution in [0.2, 0.25) is 0 Å². The van der Waals surface area contributed by atoms with Crippen LogP contribution in [0.5, 0.6) is 5.75 Å². The second kappa shape index (κ2) is 3.22. The van der Waals surface area contributed by atoms with Gasteiger partial charge in [-0.15, -0.1) is 0 Å². The average molecular weight is 136 g/mol. The predicted octanol–water partition coefficient (Wildman–Crippen LogP) is 1.13. The van der Waals surface area contributed by atoms with Crippen molar-refractivity contribution in [2.75, 3.05) is 7.05 Å². The van der Waals surface area contributed by atoms with Gasteiger partial charge in [0.05, 0.1) is 0 Å². The summed E-state index contributed by atoms with van der Waals surface area (Å²) in [6.45, 7) is 0.590. The molecule has 0 aliphatic heterocycles. The highest BCUT2D eigenvalue weighted by atomic mass is 16.3. The summed E-state index contributed by atoms with van der Waals surface area (Å²) in [5.41, 5.74) is 0.880. The minimum Gasteiger partial charge on any atom is -0.508 e. The zero-order chi connectivity index (χ0) is 7.40. The molecule has 2 heteroatoms. The van der Waals surface area contributed by atoms with Crippen LogP contribution in [0.15, 0.2) is 24.3 Å². The van der Waals surface area contributed by atoms with E-state index in [0.717, 1.165) is 5.56 Å². The number of rotatable bonds is 2. The quantitative estimate of drug-likeness (QED) is 0.649. The summed E-state index contributed by atoms with van der Waals surface area (Å²) in [6, 6.07) is 7.22. The zero-order valence-electron chi connectivity index (χ0n) is 5.91. The zero-order valence-corrected chi connectivity index (χ0v) is 5.91. The van der Waals surface area contributed by atoms with Crippen LogP contribution in [0.25, 0.3) is 0 Å². The number of para-hydroxylation sites is 1. The van der Waals surface area contributed by atoms with Crippen LogP contribution in [-0.4, -0.2) is 12.2 Å². The van der Waals surface area contributed by atoms with Crippen molar-refractivity contribution in [3.05, 3.63) is 29.8 Å². The van der Waals surface area contributed by atoms with Gasteiger partial charge in [0, 0.05) is 19.2 Å². The molecule has 0 aromatic heterocycles. The summed E-state index contributed by atoms with van der Waals surface area (Å²) < 4.78 is 0. The van der Waals surface area contributed by atoms with Gasteiger partial charge in [0.1, 0.15) is 5.75 Å². The molecular formula is C8H10NO. The highest BCUT2D eigenvalue weighted by molar-refractivity contribution is 5.31. The monoisotopic (exact) mass is 136 g/mol. The molecule has 0 spiro atoms. The third-order valence-corrected chi connectivity index (χ3v) is 1.32. The van der Waals surface area contributed by atoms with Crippen LogP contribution in [-0.2, 0) is 6.54 Å². The van der Waals surface area contributed by atoms with E-state index in [2.05, 4.69) is 5.32 Å². The number of nitrogens with zero attached hydrogens (tertiary/aromatic N) is 1. The summed E-state index contributed by atoms with van der Waals surface area (Å²) >= 11 is 0. The third kappa shape index (κ3) is 1.48. The van der Waals surface area contributed by atoms with Crippen molar-refractivity contribution in [1.29, 1.82) is 0 Å². The maximum atomic E-state index is 9.18. The maximum Gasteiger partial charge on any atom is 0.120 e. The summed E-state index contributed by atoms with van der Waals surface area (Å²) in [7, 11) is 1.73. The van der Waals surface area contributed by atoms with Crippen LogP contribution >= 0.6 is 0 Å². The minimum atomic E-state index is 0.327. The van der Waals surface area contributed by atoms with E-state index in [1.165, 1.54) is 0 Å². The van der Waals surface area contributed by atoms with Crippen molar-refractivity contribution in [3.63, 3.8) is 0 Å². The van der Waals surface area contributed by atoms with Gasteiger partial charge in [0.25, 0.3) is 0 Å². The number of aromatic hydroxyl groups is 1. The second-order valence-electron chi connectivity index (χ2n) is 2.10. The second-order valence-corrected chi connectivity index (χ2v) is 2.10. The Bertz CT molecular complexity index is 210. The van der Waals surface area contributed by atoms with Gasteiger partial charge in [-0.3, -0.25) is 0 Å². The van der Waals surface area contributed by atoms with Crippen LogP contribution in [0.1, 0.15) is 5.56 Å². The van der Waals surface area contributed by atoms with Gasteiger partial charge in [0.2, 0.25) is 0 Å². The molecule has 0 bridgehead atoms. The highest BCUT2D eigenvalue weighted by Gasteiger charge is 1.95. The Morgan fingerprint density at radius 3 is 2.70 bits per heavy atom. The Morgan fingerprint density at radius 1 is 1.40 bits per heavy atom. The smallest absolute Gasteiger partial charge is 0.120 e. The molecule has 0 saturated carbocycles. The molecule has 0 unspecified atom stereocenters. The fraction of sp³-hybridized carbons (Fsp3) is 0.250. The molecule has 0 heterocycles. The molecule has 0 saturated heterocycles. The standard InChI is InChI=1S/C8H10NO/c1-9-6-7-4-2-3-5-8(7)10/h2-5,10H,6H2,1H3. The fourth-order valence-corrected chi connectivity index (χ4v) is 0.815. The first-order chi connectivity index (χ1) is 4.84. The van der Waals surface area contributed by atoms with E-state index in [0.29, 0.717) is 12.3 Å². The van der Waals surface area contributed by atoms with E-state index in [1.54, 1.807) is 19.2 Å². The van der Waals surface area contributed by atoms with Gasteiger partial charge < -0.3 is 5.11 Å². The van der Waals surface area contributed by atoms with Crippen LogP contribution < -0.4 is 5.32 Å². The van der Waals surface area contributed by atoms with Crippen molar-refractivity contribution in [1.82, 2.24) is 5.32 Å². The van der Waals surface area contributed by atoms with Gasteiger partial charge in [-0.05, 0) is 6.07 Å². The highest BCUT2D eigenvalue weighted by Crippen LogP contribution is 2.14. The summed E-state index contributed by atoms with van der Waals surface area (Å²) in [4.78, 5) is 0. The maximum absolute atomic E-state index is 9.18. The van der Waals surface area contributed by atoms with Crippen molar-refractivity contribution >= 4 is 0 Å². The lowest BCUT2D eigenvalue weighted by Gasteiger charge is -1.99. The SMILES string of the molecule is C[N]Cc1ccccc1O. The Labute approximate surface area is 60.5 Å². The molecule has 1 aromatic rings. The van der Waals surface area contributed by atoms with Crippen molar-refractivity contribution in [3.8, 4) is 5.75 Å². The molecule has 53 valence electrons. The van der Waals surface area contributed by atoms with E-state index >= 15 is 0 Å². The first-order valence-corrected chi connectivity index (χ1v) is 3.17. The summed E-state index contributed by atoms with van der Waals surface area (Å²) in [6.07, 6.45) is 0. The molecule has 0 amide bonds. The molecule has 0 aliphatic carbocycles. The summed E-state index contributed by atoms with van der Waals surface area (Å²) in [5.74, 6) is 0.327. The average Bonchev–Trinajstić information content (AvgIpc) is 1.94. The minimum absolute atomic E-state index is 0.327. The number of phenolic OH excluding ortho intramolecular Hbond substituents is 1. The normalized spacial score (nSPS) is 9.70. The van der Waals surface area contributed by atoms with Crippen LogP contribution in [0, 0.1) is 0 Å². The van der Waals surface area contributed by atoms with Gasteiger partial charge in [-0.1, -0.05) is 18.2 Å². The number of benzene rings is 1. The molecule has 1 rings (SSSR count). The molecule has 10 heavy (non-hydrogen) atoms. The van der Waals surface area contributed by atoms with E-state index < -0.39 is 0 Å². The van der Waals surface area contributed by atoms with E-state index in [1.807, 2.05) is 12.1 Å². The number of phenols is 1. The lowest BCUT2D eigenvalue weighted by atomic mass is 10.2. The van der Waals surface area contributed by atoms with E-state index in [9.17, 15) is 5.11 Å². The van der Waals surface area contributed by atoms with Crippen LogP contribution in [0.3, 0.4) is 0 Å². The fourth-order valence-electron chi connectivity index (χ4n) is 0.815. The first-order valence-electron chi connectivity index (χ1n) is 3.17. The molecule has 2 nitrogen and oxygen atoms in total. The molecular weight excluding hydrogens is 126 g/mol. The molecule has 1 radical (unpaired) electrons. The van der Waals surface area contributed by atoms with Crippen molar-refractivity contribution in [2.45, 2.75) is 6.54 Å². The van der Waals surface area contributed by atoms with Crippen LogP contribution in [0.4, 0.5) is 0 Å². The first kappa shape index (κ1) is 7.09. The van der Waals surface area contributed by atoms with Gasteiger partial charge in [-0.2, -0.15) is 0 Å². The Balaban J connectivity index is 2.81.